The summed E-state index contributed by atoms with van der Waals surface area (Å²) in [7, 11) is 0. The molecule has 0 spiro atoms. The second-order valence-electron chi connectivity index (χ2n) is 7.56. The fraction of sp³-hybridized carbons (Fsp3) is 1.00. The van der Waals surface area contributed by atoms with E-state index in [0.717, 1.165) is 30.2 Å². The number of likely N-dealkylation sites (tertiary alicyclic amines) is 1. The second kappa shape index (κ2) is 4.55. The van der Waals surface area contributed by atoms with Crippen LogP contribution < -0.4 is 0 Å². The fourth-order valence-electron chi connectivity index (χ4n) is 4.34. The summed E-state index contributed by atoms with van der Waals surface area (Å²) >= 11 is 0. The summed E-state index contributed by atoms with van der Waals surface area (Å²) in [6, 6.07) is 0. The molecule has 0 radical (unpaired) electrons. The molecule has 1 aliphatic carbocycles. The Bertz CT molecular complexity index is 269. The van der Waals surface area contributed by atoms with Crippen molar-refractivity contribution in [3.63, 3.8) is 0 Å². The van der Waals surface area contributed by atoms with Crippen LogP contribution in [0.5, 0.6) is 0 Å². The van der Waals surface area contributed by atoms with Gasteiger partial charge in [-0.3, -0.25) is 0 Å². The molecule has 0 aromatic carbocycles. The molecule has 1 saturated heterocycles. The SMILES string of the molecule is CC(O)CN1CC2CC(C(C)(C)C)C(C)C2C1. The maximum atomic E-state index is 9.48. The monoisotopic (exact) mass is 239 g/mol. The highest BCUT2D eigenvalue weighted by Gasteiger charge is 2.48. The van der Waals surface area contributed by atoms with Crippen LogP contribution in [0.3, 0.4) is 0 Å². The molecule has 2 fully saturated rings. The second-order valence-corrected chi connectivity index (χ2v) is 7.56. The Morgan fingerprint density at radius 3 is 2.41 bits per heavy atom. The lowest BCUT2D eigenvalue weighted by molar-refractivity contribution is 0.120. The van der Waals surface area contributed by atoms with Crippen molar-refractivity contribution >= 4 is 0 Å². The van der Waals surface area contributed by atoms with Crippen LogP contribution in [0.15, 0.2) is 0 Å². The molecule has 0 amide bonds. The molecule has 17 heavy (non-hydrogen) atoms. The van der Waals surface area contributed by atoms with Gasteiger partial charge in [0.25, 0.3) is 0 Å². The van der Waals surface area contributed by atoms with Crippen LogP contribution in [0.2, 0.25) is 0 Å². The Balaban J connectivity index is 1.97. The molecule has 1 aliphatic heterocycles. The van der Waals surface area contributed by atoms with Crippen molar-refractivity contribution in [2.24, 2.45) is 29.1 Å². The van der Waals surface area contributed by atoms with E-state index < -0.39 is 0 Å². The molecule has 1 heterocycles. The highest BCUT2D eigenvalue weighted by Crippen LogP contribution is 2.51. The first-order valence-corrected chi connectivity index (χ1v) is 7.19. The van der Waals surface area contributed by atoms with Gasteiger partial charge in [0.2, 0.25) is 0 Å². The van der Waals surface area contributed by atoms with E-state index in [9.17, 15) is 5.11 Å². The summed E-state index contributed by atoms with van der Waals surface area (Å²) in [6.45, 7) is 14.8. The third kappa shape index (κ3) is 2.68. The van der Waals surface area contributed by atoms with Crippen LogP contribution in [-0.4, -0.2) is 35.7 Å². The first kappa shape index (κ1) is 13.4. The minimum Gasteiger partial charge on any atom is -0.392 e. The zero-order chi connectivity index (χ0) is 12.8. The van der Waals surface area contributed by atoms with Gasteiger partial charge in [0.15, 0.2) is 0 Å². The summed E-state index contributed by atoms with van der Waals surface area (Å²) in [5, 5.41) is 9.48. The fourth-order valence-corrected chi connectivity index (χ4v) is 4.34. The molecule has 0 bridgehead atoms. The minimum atomic E-state index is -0.178. The van der Waals surface area contributed by atoms with Crippen molar-refractivity contribution in [1.82, 2.24) is 4.90 Å². The molecule has 1 saturated carbocycles. The van der Waals surface area contributed by atoms with Crippen LogP contribution in [0.25, 0.3) is 0 Å². The van der Waals surface area contributed by atoms with E-state index in [1.165, 1.54) is 19.5 Å². The predicted octanol–water partition coefficient (Wildman–Crippen LogP) is 2.62. The van der Waals surface area contributed by atoms with Crippen molar-refractivity contribution in [1.29, 1.82) is 0 Å². The summed E-state index contributed by atoms with van der Waals surface area (Å²) in [5.41, 5.74) is 0.457. The molecule has 2 aliphatic rings. The highest BCUT2D eigenvalue weighted by atomic mass is 16.3. The van der Waals surface area contributed by atoms with Crippen molar-refractivity contribution in [3.05, 3.63) is 0 Å². The molecule has 0 aromatic heterocycles. The third-order valence-electron chi connectivity index (χ3n) is 5.07. The molecular weight excluding hydrogens is 210 g/mol. The molecule has 5 unspecified atom stereocenters. The average molecular weight is 239 g/mol. The van der Waals surface area contributed by atoms with Gasteiger partial charge < -0.3 is 10.0 Å². The Hall–Kier alpha value is -0.0800. The van der Waals surface area contributed by atoms with Crippen molar-refractivity contribution < 1.29 is 5.11 Å². The van der Waals surface area contributed by atoms with Gasteiger partial charge in [-0.15, -0.1) is 0 Å². The van der Waals surface area contributed by atoms with Gasteiger partial charge in [0.1, 0.15) is 0 Å². The topological polar surface area (TPSA) is 23.5 Å². The molecule has 2 nitrogen and oxygen atoms in total. The number of β-amino-alcohol motifs (C(OH)–C–C–N with tert-alkyl or cyclic N) is 1. The number of fused-ring (bicyclic) bond motifs is 1. The third-order valence-corrected chi connectivity index (χ3v) is 5.07. The van der Waals surface area contributed by atoms with E-state index in [2.05, 4.69) is 32.6 Å². The first-order valence-electron chi connectivity index (χ1n) is 7.19. The lowest BCUT2D eigenvalue weighted by Gasteiger charge is -2.33. The zero-order valence-corrected chi connectivity index (χ0v) is 12.1. The molecular formula is C15H29NO. The van der Waals surface area contributed by atoms with Gasteiger partial charge in [0.05, 0.1) is 6.10 Å². The summed E-state index contributed by atoms with van der Waals surface area (Å²) in [6.07, 6.45) is 1.22. The van der Waals surface area contributed by atoms with E-state index in [1.807, 2.05) is 6.92 Å². The minimum absolute atomic E-state index is 0.178. The molecule has 2 rings (SSSR count). The normalized spacial score (nSPS) is 40.6. The maximum Gasteiger partial charge on any atom is 0.0639 e. The van der Waals surface area contributed by atoms with Gasteiger partial charge in [-0.2, -0.15) is 0 Å². The molecule has 2 heteroatoms. The summed E-state index contributed by atoms with van der Waals surface area (Å²) < 4.78 is 0. The van der Waals surface area contributed by atoms with E-state index in [-0.39, 0.29) is 6.10 Å². The summed E-state index contributed by atoms with van der Waals surface area (Å²) in [4.78, 5) is 2.47. The number of hydrogen-bond donors (Lipinski definition) is 1. The smallest absolute Gasteiger partial charge is 0.0639 e. The lowest BCUT2D eigenvalue weighted by atomic mass is 9.74. The number of hydrogen-bond acceptors (Lipinski definition) is 2. The molecule has 100 valence electrons. The van der Waals surface area contributed by atoms with Crippen molar-refractivity contribution in [3.8, 4) is 0 Å². The van der Waals surface area contributed by atoms with Gasteiger partial charge in [0, 0.05) is 19.6 Å². The van der Waals surface area contributed by atoms with Crippen molar-refractivity contribution in [2.75, 3.05) is 19.6 Å². The van der Waals surface area contributed by atoms with Gasteiger partial charge >= 0.3 is 0 Å². The first-order chi connectivity index (χ1) is 7.79. The van der Waals surface area contributed by atoms with Gasteiger partial charge in [-0.25, -0.2) is 0 Å². The van der Waals surface area contributed by atoms with Crippen LogP contribution in [0.1, 0.15) is 41.0 Å². The zero-order valence-electron chi connectivity index (χ0n) is 12.1. The van der Waals surface area contributed by atoms with E-state index >= 15 is 0 Å². The number of aliphatic hydroxyl groups is 1. The lowest BCUT2D eigenvalue weighted by Crippen LogP contribution is -2.33. The van der Waals surface area contributed by atoms with Crippen LogP contribution in [0, 0.1) is 29.1 Å². The summed E-state index contributed by atoms with van der Waals surface area (Å²) in [5.74, 6) is 3.48. The largest absolute Gasteiger partial charge is 0.392 e. The van der Waals surface area contributed by atoms with Crippen LogP contribution in [0.4, 0.5) is 0 Å². The average Bonchev–Trinajstić information content (AvgIpc) is 2.64. The van der Waals surface area contributed by atoms with Crippen LogP contribution in [-0.2, 0) is 0 Å². The van der Waals surface area contributed by atoms with E-state index in [4.69, 9.17) is 0 Å². The number of rotatable bonds is 2. The predicted molar refractivity (Wildman–Crippen MR) is 71.8 cm³/mol. The molecule has 1 N–H and O–H groups in total. The Morgan fingerprint density at radius 2 is 1.94 bits per heavy atom. The van der Waals surface area contributed by atoms with E-state index in [0.29, 0.717) is 5.41 Å². The van der Waals surface area contributed by atoms with Gasteiger partial charge in [-0.1, -0.05) is 27.7 Å². The Morgan fingerprint density at radius 1 is 1.29 bits per heavy atom. The van der Waals surface area contributed by atoms with Crippen LogP contribution >= 0.6 is 0 Å². The molecule has 0 aromatic rings. The number of aliphatic hydroxyl groups excluding tert-OH is 1. The Labute approximate surface area is 106 Å². The standard InChI is InChI=1S/C15H29NO/c1-10(17)7-16-8-12-6-14(15(3,4)5)11(2)13(12)9-16/h10-14,17H,6-9H2,1-5H3. The van der Waals surface area contributed by atoms with Gasteiger partial charge in [-0.05, 0) is 42.4 Å². The van der Waals surface area contributed by atoms with E-state index in [1.54, 1.807) is 0 Å². The molecule has 5 atom stereocenters. The Kier molecular flexibility index (Phi) is 3.57. The highest BCUT2D eigenvalue weighted by molar-refractivity contribution is 4.99. The maximum absolute atomic E-state index is 9.48. The number of nitrogens with zero attached hydrogens (tertiary/aromatic N) is 1. The quantitative estimate of drug-likeness (QED) is 0.801. The van der Waals surface area contributed by atoms with Crippen molar-refractivity contribution in [2.45, 2.75) is 47.1 Å².